The zero-order valence-corrected chi connectivity index (χ0v) is 18.8. The average molecular weight is 476 g/mol. The molecule has 180 valence electrons. The number of likely N-dealkylation sites (N-methyl/N-ethyl adjacent to an activating group) is 1. The fraction of sp³-hybridized carbons (Fsp3) is 0.348. The molecular formula is C23H23F3N4O4. The molecule has 0 aromatic heterocycles. The van der Waals surface area contributed by atoms with Gasteiger partial charge < -0.3 is 24.6 Å². The molecule has 1 N–H and O–H groups in total. The lowest BCUT2D eigenvalue weighted by Gasteiger charge is -2.41. The number of ether oxygens (including phenoxy) is 2. The molecule has 0 aliphatic carbocycles. The highest BCUT2D eigenvalue weighted by Gasteiger charge is 2.38. The molecule has 1 atom stereocenters. The Morgan fingerprint density at radius 2 is 1.74 bits per heavy atom. The second-order valence-corrected chi connectivity index (χ2v) is 7.52. The minimum absolute atomic E-state index is 0.0320. The monoisotopic (exact) mass is 476 g/mol. The predicted molar refractivity (Wildman–Crippen MR) is 117 cm³/mol. The number of methoxy groups -OCH3 is 2. The van der Waals surface area contributed by atoms with E-state index >= 15 is 0 Å². The number of hydrogen-bond donors (Lipinski definition) is 1. The first-order valence-corrected chi connectivity index (χ1v) is 10.2. The van der Waals surface area contributed by atoms with Gasteiger partial charge in [0.15, 0.2) is 0 Å². The van der Waals surface area contributed by atoms with Crippen molar-refractivity contribution < 1.29 is 32.2 Å². The number of nitrogens with one attached hydrogen (secondary N) is 1. The summed E-state index contributed by atoms with van der Waals surface area (Å²) in [6, 6.07) is 8.64. The maximum Gasteiger partial charge on any atom is 0.417 e. The summed E-state index contributed by atoms with van der Waals surface area (Å²) in [5, 5.41) is 11.5. The van der Waals surface area contributed by atoms with E-state index in [1.165, 1.54) is 44.4 Å². The van der Waals surface area contributed by atoms with Gasteiger partial charge in [-0.3, -0.25) is 9.59 Å². The molecule has 1 aliphatic heterocycles. The number of nitriles is 1. The van der Waals surface area contributed by atoms with Crippen LogP contribution in [0, 0.1) is 11.3 Å². The smallest absolute Gasteiger partial charge is 0.417 e. The number of nitrogens with zero attached hydrogens (tertiary/aromatic N) is 3. The molecule has 2 aromatic carbocycles. The number of anilines is 1. The van der Waals surface area contributed by atoms with Crippen LogP contribution in [-0.4, -0.2) is 63.7 Å². The number of benzene rings is 2. The van der Waals surface area contributed by atoms with Crippen molar-refractivity contribution in [3.63, 3.8) is 0 Å². The lowest BCUT2D eigenvalue weighted by Crippen LogP contribution is -2.60. The Labute approximate surface area is 194 Å². The summed E-state index contributed by atoms with van der Waals surface area (Å²) in [7, 11) is 4.31. The SMILES string of the molecule is CNC(=O)C1CN(c2ccc(C#N)c(C(F)(F)F)c2)CCN1C(=O)c1cc(OC)cc(OC)c1. The number of piperazine rings is 1. The molecule has 1 saturated heterocycles. The second-order valence-electron chi connectivity index (χ2n) is 7.52. The maximum atomic E-state index is 13.4. The first-order chi connectivity index (χ1) is 16.1. The van der Waals surface area contributed by atoms with Gasteiger partial charge in [-0.05, 0) is 30.3 Å². The van der Waals surface area contributed by atoms with Crippen molar-refractivity contribution in [1.29, 1.82) is 5.26 Å². The van der Waals surface area contributed by atoms with Gasteiger partial charge in [-0.15, -0.1) is 0 Å². The fourth-order valence-electron chi connectivity index (χ4n) is 3.81. The molecule has 11 heteroatoms. The summed E-state index contributed by atoms with van der Waals surface area (Å²) in [5.74, 6) is -0.107. The Bertz CT molecular complexity index is 1110. The molecule has 1 heterocycles. The van der Waals surface area contributed by atoms with Crippen molar-refractivity contribution in [3.05, 3.63) is 53.1 Å². The predicted octanol–water partition coefficient (Wildman–Crippen LogP) is 2.67. The van der Waals surface area contributed by atoms with Crippen molar-refractivity contribution in [2.24, 2.45) is 0 Å². The van der Waals surface area contributed by atoms with E-state index in [0.717, 1.165) is 12.1 Å². The standard InChI is InChI=1S/C23H23F3N4O4/c1-28-21(31)20-13-29(16-5-4-14(12-27)19(10-16)23(24,25)26)6-7-30(20)22(32)15-8-17(33-2)11-18(9-15)34-3/h4-5,8-11,20H,6-7,13H2,1-3H3,(H,28,31). The lowest BCUT2D eigenvalue weighted by atomic mass is 10.0. The van der Waals surface area contributed by atoms with E-state index in [1.54, 1.807) is 17.0 Å². The molecule has 0 spiro atoms. The topological polar surface area (TPSA) is 94.9 Å². The highest BCUT2D eigenvalue weighted by Crippen LogP contribution is 2.35. The fourth-order valence-corrected chi connectivity index (χ4v) is 3.81. The Balaban J connectivity index is 1.93. The third kappa shape index (κ3) is 5.01. The highest BCUT2D eigenvalue weighted by atomic mass is 19.4. The van der Waals surface area contributed by atoms with E-state index in [-0.39, 0.29) is 30.9 Å². The summed E-state index contributed by atoms with van der Waals surface area (Å²) in [6.45, 7) is 0.233. The number of alkyl halides is 3. The molecule has 3 rings (SSSR count). The van der Waals surface area contributed by atoms with Crippen LogP contribution in [-0.2, 0) is 11.0 Å². The van der Waals surface area contributed by atoms with Crippen molar-refractivity contribution in [2.75, 3.05) is 45.8 Å². The van der Waals surface area contributed by atoms with E-state index < -0.39 is 35.2 Å². The molecule has 0 radical (unpaired) electrons. The Hall–Kier alpha value is -3.94. The largest absolute Gasteiger partial charge is 0.497 e. The van der Waals surface area contributed by atoms with Crippen molar-refractivity contribution in [2.45, 2.75) is 12.2 Å². The summed E-state index contributed by atoms with van der Waals surface area (Å²) in [5.41, 5.74) is -1.09. The third-order valence-electron chi connectivity index (χ3n) is 5.58. The second kappa shape index (κ2) is 9.91. The van der Waals surface area contributed by atoms with Gasteiger partial charge in [0.1, 0.15) is 17.5 Å². The van der Waals surface area contributed by atoms with Crippen LogP contribution in [0.4, 0.5) is 18.9 Å². The van der Waals surface area contributed by atoms with E-state index in [0.29, 0.717) is 11.5 Å². The zero-order chi connectivity index (χ0) is 25.0. The first-order valence-electron chi connectivity index (χ1n) is 10.2. The van der Waals surface area contributed by atoms with E-state index in [1.807, 2.05) is 0 Å². The van der Waals surface area contributed by atoms with E-state index in [9.17, 15) is 22.8 Å². The number of carbonyl (C=O) groups excluding carboxylic acids is 2. The summed E-state index contributed by atoms with van der Waals surface area (Å²) >= 11 is 0. The molecule has 2 amide bonds. The van der Waals surface area contributed by atoms with Crippen LogP contribution < -0.4 is 19.7 Å². The minimum Gasteiger partial charge on any atom is -0.497 e. The molecule has 2 aromatic rings. The van der Waals surface area contributed by atoms with Crippen LogP contribution in [0.1, 0.15) is 21.5 Å². The Kier molecular flexibility index (Phi) is 7.20. The molecule has 1 fully saturated rings. The highest BCUT2D eigenvalue weighted by molar-refractivity contribution is 5.98. The Morgan fingerprint density at radius 3 is 2.26 bits per heavy atom. The molecule has 0 bridgehead atoms. The summed E-state index contributed by atoms with van der Waals surface area (Å²) in [4.78, 5) is 28.9. The quantitative estimate of drug-likeness (QED) is 0.713. The van der Waals surface area contributed by atoms with Crippen LogP contribution in [0.15, 0.2) is 36.4 Å². The number of carbonyl (C=O) groups is 2. The van der Waals surface area contributed by atoms with Crippen LogP contribution in [0.5, 0.6) is 11.5 Å². The average Bonchev–Trinajstić information content (AvgIpc) is 2.86. The zero-order valence-electron chi connectivity index (χ0n) is 18.8. The van der Waals surface area contributed by atoms with Gasteiger partial charge in [0, 0.05) is 44.0 Å². The summed E-state index contributed by atoms with van der Waals surface area (Å²) < 4.78 is 50.7. The van der Waals surface area contributed by atoms with Gasteiger partial charge in [-0.2, -0.15) is 18.4 Å². The van der Waals surface area contributed by atoms with Gasteiger partial charge in [0.05, 0.1) is 31.4 Å². The van der Waals surface area contributed by atoms with Crippen LogP contribution in [0.3, 0.4) is 0 Å². The number of hydrogen-bond acceptors (Lipinski definition) is 6. The van der Waals surface area contributed by atoms with Crippen molar-refractivity contribution >= 4 is 17.5 Å². The maximum absolute atomic E-state index is 13.4. The molecular weight excluding hydrogens is 453 g/mol. The van der Waals surface area contributed by atoms with Crippen LogP contribution in [0.2, 0.25) is 0 Å². The van der Waals surface area contributed by atoms with Gasteiger partial charge >= 0.3 is 6.18 Å². The normalized spacial score (nSPS) is 16.0. The molecule has 1 aliphatic rings. The van der Waals surface area contributed by atoms with Crippen molar-refractivity contribution in [1.82, 2.24) is 10.2 Å². The Morgan fingerprint density at radius 1 is 1.09 bits per heavy atom. The lowest BCUT2D eigenvalue weighted by molar-refractivity contribution is -0.137. The van der Waals surface area contributed by atoms with Crippen molar-refractivity contribution in [3.8, 4) is 17.6 Å². The van der Waals surface area contributed by atoms with Gasteiger partial charge in [-0.1, -0.05) is 0 Å². The van der Waals surface area contributed by atoms with Gasteiger partial charge in [0.25, 0.3) is 5.91 Å². The molecule has 8 nitrogen and oxygen atoms in total. The summed E-state index contributed by atoms with van der Waals surface area (Å²) in [6.07, 6.45) is -4.70. The molecule has 34 heavy (non-hydrogen) atoms. The minimum atomic E-state index is -4.70. The van der Waals surface area contributed by atoms with Gasteiger partial charge in [0.2, 0.25) is 5.91 Å². The third-order valence-corrected chi connectivity index (χ3v) is 5.58. The number of rotatable bonds is 5. The van der Waals surface area contributed by atoms with Crippen LogP contribution in [0.25, 0.3) is 0 Å². The van der Waals surface area contributed by atoms with E-state index in [4.69, 9.17) is 14.7 Å². The molecule has 0 saturated carbocycles. The number of amides is 2. The first kappa shape index (κ1) is 24.7. The van der Waals surface area contributed by atoms with Gasteiger partial charge in [-0.25, -0.2) is 0 Å². The van der Waals surface area contributed by atoms with Crippen LogP contribution >= 0.6 is 0 Å². The molecule has 1 unspecified atom stereocenters. The van der Waals surface area contributed by atoms with E-state index in [2.05, 4.69) is 5.32 Å². The number of halogens is 3.